The number of morpholine rings is 1. The largest absolute Gasteiger partial charge is 0.434 e. The first-order chi connectivity index (χ1) is 12.7. The zero-order chi connectivity index (χ0) is 19.8. The van der Waals surface area contributed by atoms with Crippen molar-refractivity contribution in [1.29, 1.82) is 0 Å². The molecule has 9 heteroatoms. The number of ether oxygens (including phenoxy) is 1. The predicted octanol–water partition coefficient (Wildman–Crippen LogP) is 2.42. The molecule has 0 radical (unpaired) electrons. The molecule has 0 spiro atoms. The Labute approximate surface area is 154 Å². The van der Waals surface area contributed by atoms with Crippen LogP contribution in [0.5, 0.6) is 0 Å². The van der Waals surface area contributed by atoms with Gasteiger partial charge in [-0.15, -0.1) is 0 Å². The number of alkyl halides is 3. The molecule has 0 unspecified atom stereocenters. The first-order valence-electron chi connectivity index (χ1n) is 8.48. The summed E-state index contributed by atoms with van der Waals surface area (Å²) in [7, 11) is 0. The number of nitrogens with zero attached hydrogens (tertiary/aromatic N) is 3. The number of benzene rings is 1. The van der Waals surface area contributed by atoms with Gasteiger partial charge in [-0.3, -0.25) is 4.79 Å². The minimum atomic E-state index is -4.77. The second kappa shape index (κ2) is 7.32. The van der Waals surface area contributed by atoms with Crippen LogP contribution in [-0.4, -0.2) is 57.6 Å². The molecular formula is C18H20F3N3O3. The minimum absolute atomic E-state index is 0.0174. The number of carbonyl (C=O) groups excluding carboxylic acids is 1. The lowest BCUT2D eigenvalue weighted by atomic mass is 10.1. The van der Waals surface area contributed by atoms with Gasteiger partial charge in [0.05, 0.1) is 42.8 Å². The maximum atomic E-state index is 13.8. The number of carbonyl (C=O) groups is 1. The standard InChI is InChI=1S/C18H20F3N3O3/c1-11-3-5-13(6-4-11)24-16(18(19,20)21)15(7-22-24)17(26)23-8-14(9-25)27-10-12(23)2/h3-7,12,14,25H,8-10H2,1-2H3/t12-,14+/m0/s1. The van der Waals surface area contributed by atoms with Crippen molar-refractivity contribution in [2.75, 3.05) is 19.8 Å². The van der Waals surface area contributed by atoms with Gasteiger partial charge in [0.15, 0.2) is 5.69 Å². The number of hydrogen-bond donors (Lipinski definition) is 1. The Morgan fingerprint density at radius 1 is 1.33 bits per heavy atom. The van der Waals surface area contributed by atoms with Crippen LogP contribution >= 0.6 is 0 Å². The fourth-order valence-corrected chi connectivity index (χ4v) is 3.03. The molecule has 1 aliphatic heterocycles. The van der Waals surface area contributed by atoms with Gasteiger partial charge in [-0.1, -0.05) is 17.7 Å². The predicted molar refractivity (Wildman–Crippen MR) is 90.6 cm³/mol. The lowest BCUT2D eigenvalue weighted by Crippen LogP contribution is -2.52. The smallest absolute Gasteiger partial charge is 0.394 e. The van der Waals surface area contributed by atoms with Gasteiger partial charge in [-0.2, -0.15) is 18.3 Å². The topological polar surface area (TPSA) is 67.6 Å². The molecule has 0 saturated carbocycles. The van der Waals surface area contributed by atoms with Crippen molar-refractivity contribution in [3.63, 3.8) is 0 Å². The highest BCUT2D eigenvalue weighted by molar-refractivity contribution is 5.95. The van der Waals surface area contributed by atoms with Crippen molar-refractivity contribution in [2.24, 2.45) is 0 Å². The van der Waals surface area contributed by atoms with Crippen molar-refractivity contribution in [3.05, 3.63) is 47.3 Å². The Hall–Kier alpha value is -2.39. The average Bonchev–Trinajstić information content (AvgIpc) is 3.08. The molecule has 2 atom stereocenters. The van der Waals surface area contributed by atoms with Crippen LogP contribution in [0.3, 0.4) is 0 Å². The summed E-state index contributed by atoms with van der Waals surface area (Å²) in [6, 6.07) is 5.98. The molecule has 2 aromatic rings. The molecule has 146 valence electrons. The summed E-state index contributed by atoms with van der Waals surface area (Å²) in [5, 5.41) is 13.1. The van der Waals surface area contributed by atoms with Gasteiger partial charge < -0.3 is 14.7 Å². The number of aromatic nitrogens is 2. The van der Waals surface area contributed by atoms with Gasteiger partial charge in [-0.05, 0) is 26.0 Å². The molecule has 6 nitrogen and oxygen atoms in total. The first kappa shape index (κ1) is 19.4. The molecule has 0 bridgehead atoms. The maximum absolute atomic E-state index is 13.8. The monoisotopic (exact) mass is 383 g/mol. The van der Waals surface area contributed by atoms with Crippen LogP contribution in [0.1, 0.15) is 28.5 Å². The van der Waals surface area contributed by atoms with E-state index in [-0.39, 0.29) is 25.4 Å². The van der Waals surface area contributed by atoms with Crippen LogP contribution in [0.25, 0.3) is 5.69 Å². The van der Waals surface area contributed by atoms with Crippen LogP contribution in [0, 0.1) is 6.92 Å². The fraction of sp³-hybridized carbons (Fsp3) is 0.444. The van der Waals surface area contributed by atoms with Gasteiger partial charge in [-0.25, -0.2) is 4.68 Å². The molecule has 0 aliphatic carbocycles. The summed E-state index contributed by atoms with van der Waals surface area (Å²) in [5.74, 6) is -0.782. The zero-order valence-electron chi connectivity index (χ0n) is 14.9. The Morgan fingerprint density at radius 2 is 2.00 bits per heavy atom. The lowest BCUT2D eigenvalue weighted by molar-refractivity contribution is -0.143. The second-order valence-electron chi connectivity index (χ2n) is 6.60. The van der Waals surface area contributed by atoms with E-state index in [1.54, 1.807) is 19.1 Å². The molecule has 2 heterocycles. The van der Waals surface area contributed by atoms with Crippen LogP contribution in [0.15, 0.2) is 30.5 Å². The van der Waals surface area contributed by atoms with Gasteiger partial charge in [0, 0.05) is 6.54 Å². The summed E-state index contributed by atoms with van der Waals surface area (Å²) in [5.41, 5.74) is -0.521. The molecule has 1 amide bonds. The van der Waals surface area contributed by atoms with Gasteiger partial charge in [0.25, 0.3) is 5.91 Å². The highest BCUT2D eigenvalue weighted by Gasteiger charge is 2.42. The van der Waals surface area contributed by atoms with E-state index >= 15 is 0 Å². The summed E-state index contributed by atoms with van der Waals surface area (Å²) in [6.45, 7) is 3.35. The van der Waals surface area contributed by atoms with Gasteiger partial charge in [0.1, 0.15) is 0 Å². The van der Waals surface area contributed by atoms with E-state index in [4.69, 9.17) is 4.74 Å². The Bertz CT molecular complexity index is 817. The van der Waals surface area contributed by atoms with E-state index in [1.807, 2.05) is 6.92 Å². The Kier molecular flexibility index (Phi) is 5.25. The van der Waals surface area contributed by atoms with E-state index in [0.717, 1.165) is 16.4 Å². The van der Waals surface area contributed by atoms with E-state index in [0.29, 0.717) is 0 Å². The van der Waals surface area contributed by atoms with E-state index < -0.39 is 35.5 Å². The third kappa shape index (κ3) is 3.84. The highest BCUT2D eigenvalue weighted by atomic mass is 19.4. The van der Waals surface area contributed by atoms with Crippen molar-refractivity contribution in [1.82, 2.24) is 14.7 Å². The normalized spacial score (nSPS) is 20.7. The minimum Gasteiger partial charge on any atom is -0.394 e. The second-order valence-corrected chi connectivity index (χ2v) is 6.60. The number of aliphatic hydroxyl groups is 1. The molecule has 1 fully saturated rings. The average molecular weight is 383 g/mol. The molecule has 3 rings (SSSR count). The van der Waals surface area contributed by atoms with E-state index in [1.165, 1.54) is 17.0 Å². The summed E-state index contributed by atoms with van der Waals surface area (Å²) < 4.78 is 47.4. The number of aryl methyl sites for hydroxylation is 1. The van der Waals surface area contributed by atoms with Crippen molar-refractivity contribution in [3.8, 4) is 5.69 Å². The third-order valence-electron chi connectivity index (χ3n) is 4.52. The Morgan fingerprint density at radius 3 is 2.59 bits per heavy atom. The molecule has 1 N–H and O–H groups in total. The third-order valence-corrected chi connectivity index (χ3v) is 4.52. The molecule has 27 heavy (non-hydrogen) atoms. The van der Waals surface area contributed by atoms with Gasteiger partial charge in [0.2, 0.25) is 0 Å². The lowest BCUT2D eigenvalue weighted by Gasteiger charge is -2.37. The zero-order valence-corrected chi connectivity index (χ0v) is 14.9. The van der Waals surface area contributed by atoms with Gasteiger partial charge >= 0.3 is 6.18 Å². The van der Waals surface area contributed by atoms with Crippen molar-refractivity contribution >= 4 is 5.91 Å². The Balaban J connectivity index is 2.02. The van der Waals surface area contributed by atoms with Crippen LogP contribution in [0.4, 0.5) is 13.2 Å². The number of rotatable bonds is 3. The number of hydrogen-bond acceptors (Lipinski definition) is 4. The quantitative estimate of drug-likeness (QED) is 0.884. The van der Waals surface area contributed by atoms with Crippen molar-refractivity contribution in [2.45, 2.75) is 32.2 Å². The molecular weight excluding hydrogens is 363 g/mol. The summed E-state index contributed by atoms with van der Waals surface area (Å²) in [4.78, 5) is 14.2. The SMILES string of the molecule is Cc1ccc(-n2ncc(C(=O)N3C[C@H](CO)OC[C@@H]3C)c2C(F)(F)F)cc1. The summed E-state index contributed by atoms with van der Waals surface area (Å²) >= 11 is 0. The molecule has 1 aromatic carbocycles. The van der Waals surface area contributed by atoms with Crippen LogP contribution in [0.2, 0.25) is 0 Å². The number of halogens is 3. The molecule has 1 aliphatic rings. The fourth-order valence-electron chi connectivity index (χ4n) is 3.03. The molecule has 1 aromatic heterocycles. The molecule has 1 saturated heterocycles. The van der Waals surface area contributed by atoms with E-state index in [9.17, 15) is 23.1 Å². The van der Waals surface area contributed by atoms with E-state index in [2.05, 4.69) is 5.10 Å². The maximum Gasteiger partial charge on any atom is 0.434 e. The van der Waals surface area contributed by atoms with Crippen molar-refractivity contribution < 1.29 is 27.8 Å². The number of amides is 1. The highest BCUT2D eigenvalue weighted by Crippen LogP contribution is 2.34. The summed E-state index contributed by atoms with van der Waals surface area (Å²) in [6.07, 6.45) is -4.44. The van der Waals surface area contributed by atoms with Crippen LogP contribution in [-0.2, 0) is 10.9 Å². The van der Waals surface area contributed by atoms with Crippen LogP contribution < -0.4 is 0 Å². The first-order valence-corrected chi connectivity index (χ1v) is 8.48. The number of aliphatic hydroxyl groups excluding tert-OH is 1.